The number of benzene rings is 1. The van der Waals surface area contributed by atoms with E-state index in [4.69, 9.17) is 0 Å². The van der Waals surface area contributed by atoms with Gasteiger partial charge in [-0.25, -0.2) is 8.42 Å². The average Bonchev–Trinajstić information content (AvgIpc) is 2.90. The summed E-state index contributed by atoms with van der Waals surface area (Å²) in [5, 5.41) is 0. The van der Waals surface area contributed by atoms with Crippen molar-refractivity contribution in [3.05, 3.63) is 29.8 Å². The number of amidine groups is 1. The summed E-state index contributed by atoms with van der Waals surface area (Å²) in [7, 11) is -3.55. The van der Waals surface area contributed by atoms with Gasteiger partial charge < -0.3 is 4.90 Å². The number of piperidine rings is 1. The van der Waals surface area contributed by atoms with Gasteiger partial charge in [-0.3, -0.25) is 14.5 Å². The van der Waals surface area contributed by atoms with E-state index in [0.29, 0.717) is 11.5 Å². The number of carbonyl (C=O) groups is 1. The van der Waals surface area contributed by atoms with E-state index < -0.39 is 10.0 Å². The molecule has 7 heteroatoms. The van der Waals surface area contributed by atoms with Crippen LogP contribution >= 0.6 is 0 Å². The van der Waals surface area contributed by atoms with Crippen LogP contribution in [0, 0.1) is 11.8 Å². The first-order valence-corrected chi connectivity index (χ1v) is 10.5. The zero-order valence-electron chi connectivity index (χ0n) is 14.1. The van der Waals surface area contributed by atoms with Gasteiger partial charge >= 0.3 is 0 Å². The Balaban J connectivity index is 1.45. The molecule has 2 atom stereocenters. The van der Waals surface area contributed by atoms with Crippen molar-refractivity contribution < 1.29 is 13.2 Å². The lowest BCUT2D eigenvalue weighted by molar-refractivity contribution is -0.132. The molecule has 1 amide bonds. The Bertz CT molecular complexity index is 819. The number of aliphatic imine (C=N–C) groups is 1. The molecular weight excluding hydrogens is 338 g/mol. The SMILES string of the molecule is O=C(CN=C1NS(=O)(=O)c2ccccc21)N1CC[C@@H]2CCCC[C@H]2C1. The molecule has 0 spiro atoms. The number of carbonyl (C=O) groups excluding carboxylic acids is 1. The van der Waals surface area contributed by atoms with Crippen LogP contribution in [0.25, 0.3) is 0 Å². The Kier molecular flexibility index (Phi) is 4.27. The van der Waals surface area contributed by atoms with Crippen molar-refractivity contribution in [3.8, 4) is 0 Å². The van der Waals surface area contributed by atoms with Gasteiger partial charge in [0.2, 0.25) is 5.91 Å². The molecule has 1 aromatic rings. The highest BCUT2D eigenvalue weighted by Crippen LogP contribution is 2.36. The van der Waals surface area contributed by atoms with E-state index in [1.807, 2.05) is 4.90 Å². The van der Waals surface area contributed by atoms with Crippen molar-refractivity contribution in [2.24, 2.45) is 16.8 Å². The molecule has 1 aromatic carbocycles. The van der Waals surface area contributed by atoms with E-state index >= 15 is 0 Å². The smallest absolute Gasteiger partial charge is 0.263 e. The average molecular weight is 361 g/mol. The Morgan fingerprint density at radius 2 is 1.92 bits per heavy atom. The van der Waals surface area contributed by atoms with Gasteiger partial charge in [-0.15, -0.1) is 0 Å². The molecule has 6 nitrogen and oxygen atoms in total. The van der Waals surface area contributed by atoms with Crippen LogP contribution in [0.15, 0.2) is 34.2 Å². The quantitative estimate of drug-likeness (QED) is 0.872. The summed E-state index contributed by atoms with van der Waals surface area (Å²) in [5.74, 6) is 1.67. The van der Waals surface area contributed by atoms with Gasteiger partial charge in [-0.1, -0.05) is 31.4 Å². The van der Waals surface area contributed by atoms with E-state index in [-0.39, 0.29) is 23.2 Å². The third-order valence-electron chi connectivity index (χ3n) is 5.68. The monoisotopic (exact) mass is 361 g/mol. The summed E-state index contributed by atoms with van der Waals surface area (Å²) in [4.78, 5) is 19.0. The van der Waals surface area contributed by atoms with Gasteiger partial charge in [-0.05, 0) is 36.8 Å². The lowest BCUT2D eigenvalue weighted by atomic mass is 9.75. The van der Waals surface area contributed by atoms with Crippen LogP contribution in [0.2, 0.25) is 0 Å². The lowest BCUT2D eigenvalue weighted by Crippen LogP contribution is -2.45. The van der Waals surface area contributed by atoms with E-state index in [2.05, 4.69) is 9.71 Å². The van der Waals surface area contributed by atoms with Crippen LogP contribution in [-0.4, -0.2) is 44.7 Å². The molecule has 1 N–H and O–H groups in total. The number of hydrogen-bond donors (Lipinski definition) is 1. The highest BCUT2D eigenvalue weighted by molar-refractivity contribution is 7.90. The molecule has 0 unspecified atom stereocenters. The maximum Gasteiger partial charge on any atom is 0.263 e. The first-order valence-electron chi connectivity index (χ1n) is 8.99. The molecule has 0 bridgehead atoms. The molecule has 25 heavy (non-hydrogen) atoms. The molecule has 1 saturated carbocycles. The second kappa shape index (κ2) is 6.44. The second-order valence-electron chi connectivity index (χ2n) is 7.20. The van der Waals surface area contributed by atoms with Crippen LogP contribution in [-0.2, 0) is 14.8 Å². The Hall–Kier alpha value is -1.89. The van der Waals surface area contributed by atoms with Gasteiger partial charge in [0.25, 0.3) is 10.0 Å². The molecular formula is C18H23N3O3S. The normalized spacial score (nSPS) is 29.0. The molecule has 0 radical (unpaired) electrons. The highest BCUT2D eigenvalue weighted by Gasteiger charge is 2.33. The fourth-order valence-corrected chi connectivity index (χ4v) is 5.58. The maximum absolute atomic E-state index is 12.5. The van der Waals surface area contributed by atoms with Crippen LogP contribution in [0.4, 0.5) is 0 Å². The minimum Gasteiger partial charge on any atom is -0.341 e. The predicted octanol–water partition coefficient (Wildman–Crippen LogP) is 1.76. The first kappa shape index (κ1) is 16.6. The fourth-order valence-electron chi connectivity index (χ4n) is 4.33. The summed E-state index contributed by atoms with van der Waals surface area (Å²) in [6.45, 7) is 1.62. The summed E-state index contributed by atoms with van der Waals surface area (Å²) < 4.78 is 26.6. The molecule has 1 saturated heterocycles. The van der Waals surface area contributed by atoms with Crippen LogP contribution in [0.1, 0.15) is 37.7 Å². The number of likely N-dealkylation sites (tertiary alicyclic amines) is 1. The Labute approximate surface area is 148 Å². The van der Waals surface area contributed by atoms with Crippen molar-refractivity contribution >= 4 is 21.8 Å². The molecule has 2 aliphatic heterocycles. The first-order chi connectivity index (χ1) is 12.0. The zero-order valence-corrected chi connectivity index (χ0v) is 15.0. The van der Waals surface area contributed by atoms with Gasteiger partial charge in [0.05, 0.1) is 4.90 Å². The van der Waals surface area contributed by atoms with Crippen LogP contribution < -0.4 is 4.72 Å². The molecule has 134 valence electrons. The van der Waals surface area contributed by atoms with Gasteiger partial charge in [0, 0.05) is 18.7 Å². The largest absolute Gasteiger partial charge is 0.341 e. The third kappa shape index (κ3) is 3.17. The van der Waals surface area contributed by atoms with E-state index in [1.54, 1.807) is 24.3 Å². The highest BCUT2D eigenvalue weighted by atomic mass is 32.2. The van der Waals surface area contributed by atoms with E-state index in [1.165, 1.54) is 25.7 Å². The Morgan fingerprint density at radius 3 is 2.76 bits per heavy atom. The summed E-state index contributed by atoms with van der Waals surface area (Å²) in [6, 6.07) is 6.71. The summed E-state index contributed by atoms with van der Waals surface area (Å²) >= 11 is 0. The number of hydrogen-bond acceptors (Lipinski definition) is 4. The van der Waals surface area contributed by atoms with Gasteiger partial charge in [0.15, 0.2) is 0 Å². The standard InChI is InChI=1S/C18H23N3O3S/c22-17(21-10-9-13-5-1-2-6-14(13)12-21)11-19-18-15-7-3-4-8-16(15)25(23,24)20-18/h3-4,7-8,13-14H,1-2,5-6,9-12H2,(H,19,20)/t13-,14-/m0/s1. The Morgan fingerprint density at radius 1 is 1.16 bits per heavy atom. The fraction of sp³-hybridized carbons (Fsp3) is 0.556. The number of sulfonamides is 1. The van der Waals surface area contributed by atoms with Crippen molar-refractivity contribution in [3.63, 3.8) is 0 Å². The number of nitrogens with one attached hydrogen (secondary N) is 1. The molecule has 2 fully saturated rings. The van der Waals surface area contributed by atoms with Crippen molar-refractivity contribution in [1.82, 2.24) is 9.62 Å². The minimum absolute atomic E-state index is 0.0103. The zero-order chi connectivity index (χ0) is 17.4. The minimum atomic E-state index is -3.55. The van der Waals surface area contributed by atoms with Gasteiger partial charge in [0.1, 0.15) is 12.4 Å². The molecule has 4 rings (SSSR count). The predicted molar refractivity (Wildman–Crippen MR) is 94.8 cm³/mol. The number of nitrogens with zero attached hydrogens (tertiary/aromatic N) is 2. The second-order valence-corrected chi connectivity index (χ2v) is 8.85. The van der Waals surface area contributed by atoms with Crippen molar-refractivity contribution in [2.45, 2.75) is 37.0 Å². The number of fused-ring (bicyclic) bond motifs is 2. The van der Waals surface area contributed by atoms with E-state index in [0.717, 1.165) is 25.4 Å². The van der Waals surface area contributed by atoms with Gasteiger partial charge in [-0.2, -0.15) is 0 Å². The molecule has 0 aromatic heterocycles. The van der Waals surface area contributed by atoms with Crippen molar-refractivity contribution in [1.29, 1.82) is 0 Å². The van der Waals surface area contributed by atoms with Crippen molar-refractivity contribution in [2.75, 3.05) is 19.6 Å². The molecule has 1 aliphatic carbocycles. The van der Waals surface area contributed by atoms with Crippen LogP contribution in [0.3, 0.4) is 0 Å². The number of rotatable bonds is 2. The lowest BCUT2D eigenvalue weighted by Gasteiger charge is -2.41. The topological polar surface area (TPSA) is 78.8 Å². The number of amides is 1. The molecule has 2 heterocycles. The maximum atomic E-state index is 12.5. The van der Waals surface area contributed by atoms with E-state index in [9.17, 15) is 13.2 Å². The molecule has 3 aliphatic rings. The third-order valence-corrected chi connectivity index (χ3v) is 7.08. The van der Waals surface area contributed by atoms with Crippen LogP contribution in [0.5, 0.6) is 0 Å². The summed E-state index contributed by atoms with van der Waals surface area (Å²) in [6.07, 6.45) is 6.19. The summed E-state index contributed by atoms with van der Waals surface area (Å²) in [5.41, 5.74) is 0.543.